The molecule has 3 rings (SSSR count). The van der Waals surface area contributed by atoms with Crippen molar-refractivity contribution in [3.05, 3.63) is 82.9 Å². The number of amides is 1. The second-order valence-electron chi connectivity index (χ2n) is 6.48. The van der Waals surface area contributed by atoms with Crippen LogP contribution in [-0.2, 0) is 11.3 Å². The average molecular weight is 395 g/mol. The fourth-order valence-corrected chi connectivity index (χ4v) is 2.74. The molecule has 150 valence electrons. The molecule has 0 unspecified atom stereocenters. The van der Waals surface area contributed by atoms with E-state index in [9.17, 15) is 14.0 Å². The van der Waals surface area contributed by atoms with Crippen molar-refractivity contribution in [1.82, 2.24) is 15.1 Å². The monoisotopic (exact) mass is 395 g/mol. The first-order chi connectivity index (χ1) is 14.0. The molecule has 0 fully saturated rings. The van der Waals surface area contributed by atoms with Crippen molar-refractivity contribution in [1.29, 1.82) is 0 Å². The van der Waals surface area contributed by atoms with Gasteiger partial charge in [0.05, 0.1) is 5.69 Å². The summed E-state index contributed by atoms with van der Waals surface area (Å²) in [6, 6.07) is 18.7. The van der Waals surface area contributed by atoms with Crippen molar-refractivity contribution < 1.29 is 13.9 Å². The second kappa shape index (κ2) is 9.64. The van der Waals surface area contributed by atoms with Gasteiger partial charge < -0.3 is 10.1 Å². The maximum absolute atomic E-state index is 13.6. The largest absolute Gasteiger partial charge is 0.478 e. The molecule has 2 aromatic carbocycles. The van der Waals surface area contributed by atoms with Crippen molar-refractivity contribution in [2.24, 2.45) is 0 Å². The standard InChI is InChI=1S/C22H22FN3O3/c1-16(29-20-11-6-5-10-18(20)23)22(28)24-14-7-15-26-21(27)13-12-19(25-26)17-8-3-2-4-9-17/h2-6,8-13,16H,7,14-15H2,1H3,(H,24,28)/t16-/m1/s1. The number of carbonyl (C=O) groups is 1. The number of halogens is 1. The summed E-state index contributed by atoms with van der Waals surface area (Å²) in [5, 5.41) is 7.11. The molecule has 0 saturated carbocycles. The zero-order valence-corrected chi connectivity index (χ0v) is 16.0. The Morgan fingerprint density at radius 3 is 2.59 bits per heavy atom. The number of nitrogens with zero attached hydrogens (tertiary/aromatic N) is 2. The van der Waals surface area contributed by atoms with Crippen LogP contribution in [0.15, 0.2) is 71.5 Å². The quantitative estimate of drug-likeness (QED) is 0.595. The van der Waals surface area contributed by atoms with Gasteiger partial charge in [0, 0.05) is 24.7 Å². The molecule has 0 bridgehead atoms. The number of benzene rings is 2. The lowest BCUT2D eigenvalue weighted by atomic mass is 10.1. The van der Waals surface area contributed by atoms with Gasteiger partial charge in [0.2, 0.25) is 0 Å². The van der Waals surface area contributed by atoms with Crippen LogP contribution < -0.4 is 15.6 Å². The van der Waals surface area contributed by atoms with Crippen molar-refractivity contribution in [3.63, 3.8) is 0 Å². The summed E-state index contributed by atoms with van der Waals surface area (Å²) < 4.78 is 20.3. The highest BCUT2D eigenvalue weighted by molar-refractivity contribution is 5.80. The first kappa shape index (κ1) is 20.3. The molecule has 0 radical (unpaired) electrons. The van der Waals surface area contributed by atoms with Gasteiger partial charge in [-0.3, -0.25) is 9.59 Å². The third-order valence-corrected chi connectivity index (χ3v) is 4.29. The van der Waals surface area contributed by atoms with E-state index in [2.05, 4.69) is 10.4 Å². The van der Waals surface area contributed by atoms with E-state index in [0.29, 0.717) is 25.2 Å². The highest BCUT2D eigenvalue weighted by atomic mass is 19.1. The van der Waals surface area contributed by atoms with Gasteiger partial charge in [0.15, 0.2) is 17.7 Å². The van der Waals surface area contributed by atoms with Gasteiger partial charge in [-0.25, -0.2) is 9.07 Å². The molecular formula is C22H22FN3O3. The fourth-order valence-electron chi connectivity index (χ4n) is 2.74. The number of aromatic nitrogens is 2. The summed E-state index contributed by atoms with van der Waals surface area (Å²) >= 11 is 0. The first-order valence-electron chi connectivity index (χ1n) is 9.37. The topological polar surface area (TPSA) is 73.2 Å². The van der Waals surface area contributed by atoms with E-state index >= 15 is 0 Å². The van der Waals surface area contributed by atoms with Crippen molar-refractivity contribution in [2.45, 2.75) is 26.0 Å². The zero-order valence-electron chi connectivity index (χ0n) is 16.0. The Morgan fingerprint density at radius 2 is 1.83 bits per heavy atom. The SMILES string of the molecule is C[C@@H](Oc1ccccc1F)C(=O)NCCCn1nc(-c2ccccc2)ccc1=O. The predicted octanol–water partition coefficient (Wildman–Crippen LogP) is 3.02. The molecule has 0 aliphatic rings. The third-order valence-electron chi connectivity index (χ3n) is 4.29. The Hall–Kier alpha value is -3.48. The van der Waals surface area contributed by atoms with Gasteiger partial charge in [0.25, 0.3) is 11.5 Å². The van der Waals surface area contributed by atoms with Crippen LogP contribution in [0.1, 0.15) is 13.3 Å². The Labute approximate surface area is 168 Å². The van der Waals surface area contributed by atoms with E-state index in [4.69, 9.17) is 4.74 Å². The van der Waals surface area contributed by atoms with Crippen LogP contribution >= 0.6 is 0 Å². The smallest absolute Gasteiger partial charge is 0.266 e. The molecule has 1 atom stereocenters. The lowest BCUT2D eigenvalue weighted by Crippen LogP contribution is -2.37. The van der Waals surface area contributed by atoms with Crippen LogP contribution in [0.4, 0.5) is 4.39 Å². The normalized spacial score (nSPS) is 11.7. The first-order valence-corrected chi connectivity index (χ1v) is 9.37. The fraction of sp³-hybridized carbons (Fsp3) is 0.227. The number of ether oxygens (including phenoxy) is 1. The minimum absolute atomic E-state index is 0.0311. The zero-order chi connectivity index (χ0) is 20.6. The summed E-state index contributed by atoms with van der Waals surface area (Å²) in [7, 11) is 0. The minimum atomic E-state index is -0.839. The number of hydrogen-bond donors (Lipinski definition) is 1. The van der Waals surface area contributed by atoms with Crippen LogP contribution in [0, 0.1) is 5.82 Å². The summed E-state index contributed by atoms with van der Waals surface area (Å²) in [4.78, 5) is 24.2. The molecule has 7 heteroatoms. The van der Waals surface area contributed by atoms with Gasteiger partial charge >= 0.3 is 0 Å². The molecule has 1 heterocycles. The van der Waals surface area contributed by atoms with E-state index in [1.165, 1.54) is 22.9 Å². The van der Waals surface area contributed by atoms with Gasteiger partial charge in [-0.05, 0) is 31.5 Å². The van der Waals surface area contributed by atoms with Crippen LogP contribution in [0.25, 0.3) is 11.3 Å². The van der Waals surface area contributed by atoms with Crippen LogP contribution in [0.5, 0.6) is 5.75 Å². The van der Waals surface area contributed by atoms with E-state index in [1.54, 1.807) is 25.1 Å². The van der Waals surface area contributed by atoms with Crippen LogP contribution in [0.3, 0.4) is 0 Å². The molecule has 0 spiro atoms. The Kier molecular flexibility index (Phi) is 6.73. The third kappa shape index (κ3) is 5.51. The van der Waals surface area contributed by atoms with Crippen LogP contribution in [-0.4, -0.2) is 28.3 Å². The summed E-state index contributed by atoms with van der Waals surface area (Å²) in [6.45, 7) is 2.26. The van der Waals surface area contributed by atoms with Crippen molar-refractivity contribution in [3.8, 4) is 17.0 Å². The molecule has 0 aliphatic carbocycles. The number of aryl methyl sites for hydroxylation is 1. The molecule has 1 aromatic heterocycles. The molecule has 6 nitrogen and oxygen atoms in total. The molecular weight excluding hydrogens is 373 g/mol. The van der Waals surface area contributed by atoms with Crippen molar-refractivity contribution >= 4 is 5.91 Å². The van der Waals surface area contributed by atoms with Crippen LogP contribution in [0.2, 0.25) is 0 Å². The highest BCUT2D eigenvalue weighted by Gasteiger charge is 2.15. The summed E-state index contributed by atoms with van der Waals surface area (Å²) in [5.74, 6) is -0.842. The highest BCUT2D eigenvalue weighted by Crippen LogP contribution is 2.17. The van der Waals surface area contributed by atoms with E-state index in [1.807, 2.05) is 30.3 Å². The molecule has 0 saturated heterocycles. The Balaban J connectivity index is 1.51. The molecule has 29 heavy (non-hydrogen) atoms. The van der Waals surface area contributed by atoms with Gasteiger partial charge in [-0.1, -0.05) is 42.5 Å². The molecule has 3 aromatic rings. The lowest BCUT2D eigenvalue weighted by molar-refractivity contribution is -0.127. The minimum Gasteiger partial charge on any atom is -0.478 e. The molecule has 1 amide bonds. The van der Waals surface area contributed by atoms with E-state index in [0.717, 1.165) is 5.56 Å². The number of nitrogens with one attached hydrogen (secondary N) is 1. The lowest BCUT2D eigenvalue weighted by Gasteiger charge is -2.15. The molecule has 0 aliphatic heterocycles. The maximum Gasteiger partial charge on any atom is 0.266 e. The van der Waals surface area contributed by atoms with Gasteiger partial charge in [0.1, 0.15) is 0 Å². The number of carbonyl (C=O) groups excluding carboxylic acids is 1. The van der Waals surface area contributed by atoms with E-state index < -0.39 is 11.9 Å². The van der Waals surface area contributed by atoms with Gasteiger partial charge in [-0.15, -0.1) is 0 Å². The number of rotatable bonds is 8. The van der Waals surface area contributed by atoms with Crippen molar-refractivity contribution in [2.75, 3.05) is 6.54 Å². The Morgan fingerprint density at radius 1 is 1.10 bits per heavy atom. The van der Waals surface area contributed by atoms with Gasteiger partial charge in [-0.2, -0.15) is 5.10 Å². The molecule has 1 N–H and O–H groups in total. The summed E-state index contributed by atoms with van der Waals surface area (Å²) in [5.41, 5.74) is 1.43. The Bertz CT molecular complexity index is 1020. The van der Waals surface area contributed by atoms with E-state index in [-0.39, 0.29) is 17.2 Å². The predicted molar refractivity (Wildman–Crippen MR) is 108 cm³/mol. The number of para-hydroxylation sites is 1. The maximum atomic E-state index is 13.6. The average Bonchev–Trinajstić information content (AvgIpc) is 2.74. The second-order valence-corrected chi connectivity index (χ2v) is 6.48. The number of hydrogen-bond acceptors (Lipinski definition) is 4. The summed E-state index contributed by atoms with van der Waals surface area (Å²) in [6.07, 6.45) is -0.322.